The highest BCUT2D eigenvalue weighted by Gasteiger charge is 2.13. The summed E-state index contributed by atoms with van der Waals surface area (Å²) in [6, 6.07) is 13.3. The zero-order chi connectivity index (χ0) is 22.5. The van der Waals surface area contributed by atoms with Gasteiger partial charge in [0.05, 0.1) is 23.9 Å². The third-order valence-corrected chi connectivity index (χ3v) is 6.39. The fourth-order valence-corrected chi connectivity index (χ4v) is 5.45. The standard InChI is InChI=1S/C23H20ClI2N3O2/c1-4-9-31-22-20(25)10-16(11-21(22)26)13-27-28-23(30)18-8-7-17(12-19(18)24)29-14(2)5-6-15(29)3/h4-8,10-13H,1,9H2,2-3H3,(H,28,30)/b27-13-. The van der Waals surface area contributed by atoms with E-state index in [2.05, 4.69) is 66.9 Å². The van der Waals surface area contributed by atoms with Crippen molar-refractivity contribution < 1.29 is 9.53 Å². The van der Waals surface area contributed by atoms with Crippen LogP contribution in [0.3, 0.4) is 0 Å². The monoisotopic (exact) mass is 659 g/mol. The van der Waals surface area contributed by atoms with Gasteiger partial charge in [0.2, 0.25) is 0 Å². The lowest BCUT2D eigenvalue weighted by atomic mass is 10.2. The Balaban J connectivity index is 1.72. The summed E-state index contributed by atoms with van der Waals surface area (Å²) in [6.45, 7) is 8.16. The van der Waals surface area contributed by atoms with Crippen LogP contribution in [-0.4, -0.2) is 23.3 Å². The normalized spacial score (nSPS) is 11.0. The molecule has 2 aromatic carbocycles. The lowest BCUT2D eigenvalue weighted by molar-refractivity contribution is 0.0955. The first-order valence-electron chi connectivity index (χ1n) is 9.33. The Morgan fingerprint density at radius 1 is 1.16 bits per heavy atom. The molecule has 0 saturated heterocycles. The number of rotatable bonds is 7. The molecule has 0 aliphatic rings. The molecule has 1 N–H and O–H groups in total. The minimum atomic E-state index is -0.371. The molecule has 31 heavy (non-hydrogen) atoms. The third-order valence-electron chi connectivity index (χ3n) is 4.47. The van der Waals surface area contributed by atoms with Gasteiger partial charge in [0.1, 0.15) is 12.4 Å². The summed E-state index contributed by atoms with van der Waals surface area (Å²) in [5.74, 6) is 0.436. The fourth-order valence-electron chi connectivity index (χ4n) is 3.06. The summed E-state index contributed by atoms with van der Waals surface area (Å²) in [7, 11) is 0. The first-order chi connectivity index (χ1) is 14.8. The van der Waals surface area contributed by atoms with E-state index in [0.717, 1.165) is 35.5 Å². The number of carbonyl (C=O) groups excluding carboxylic acids is 1. The van der Waals surface area contributed by atoms with E-state index in [-0.39, 0.29) is 5.91 Å². The maximum absolute atomic E-state index is 12.5. The Morgan fingerprint density at radius 3 is 2.39 bits per heavy atom. The highest BCUT2D eigenvalue weighted by Crippen LogP contribution is 2.28. The van der Waals surface area contributed by atoms with Crippen LogP contribution >= 0.6 is 56.8 Å². The minimum absolute atomic E-state index is 0.363. The van der Waals surface area contributed by atoms with Crippen molar-refractivity contribution in [2.75, 3.05) is 6.61 Å². The SMILES string of the molecule is C=CCOc1c(I)cc(/C=N\NC(=O)c2ccc(-n3c(C)ccc3C)cc2Cl)cc1I. The summed E-state index contributed by atoms with van der Waals surface area (Å²) < 4.78 is 9.66. The van der Waals surface area contributed by atoms with Crippen molar-refractivity contribution in [1.29, 1.82) is 0 Å². The molecular formula is C23H20ClI2N3O2. The quantitative estimate of drug-likeness (QED) is 0.141. The molecule has 0 fully saturated rings. The Morgan fingerprint density at radius 2 is 1.81 bits per heavy atom. The minimum Gasteiger partial charge on any atom is -0.487 e. The Labute approximate surface area is 213 Å². The number of nitrogens with one attached hydrogen (secondary N) is 1. The lowest BCUT2D eigenvalue weighted by Crippen LogP contribution is -2.18. The van der Waals surface area contributed by atoms with E-state index >= 15 is 0 Å². The largest absolute Gasteiger partial charge is 0.487 e. The van der Waals surface area contributed by atoms with Gasteiger partial charge in [-0.3, -0.25) is 4.79 Å². The van der Waals surface area contributed by atoms with E-state index < -0.39 is 0 Å². The molecule has 8 heteroatoms. The van der Waals surface area contributed by atoms with Crippen LogP contribution in [0.15, 0.2) is 60.2 Å². The molecule has 0 radical (unpaired) electrons. The third kappa shape index (κ3) is 5.69. The number of hydrogen-bond acceptors (Lipinski definition) is 3. The molecule has 0 aliphatic heterocycles. The summed E-state index contributed by atoms with van der Waals surface area (Å²) in [5.41, 5.74) is 6.86. The molecular weight excluding hydrogens is 640 g/mol. The van der Waals surface area contributed by atoms with Crippen molar-refractivity contribution in [3.8, 4) is 11.4 Å². The van der Waals surface area contributed by atoms with Gasteiger partial charge in [0.25, 0.3) is 5.91 Å². The predicted molar refractivity (Wildman–Crippen MR) is 143 cm³/mol. The lowest BCUT2D eigenvalue weighted by Gasteiger charge is -2.11. The molecule has 1 heterocycles. The van der Waals surface area contributed by atoms with E-state index in [9.17, 15) is 4.79 Å². The molecule has 5 nitrogen and oxygen atoms in total. The van der Waals surface area contributed by atoms with Gasteiger partial charge in [-0.05, 0) is 107 Å². The van der Waals surface area contributed by atoms with Crippen LogP contribution in [0.2, 0.25) is 5.02 Å². The van der Waals surface area contributed by atoms with E-state index in [0.29, 0.717) is 17.2 Å². The Hall–Kier alpha value is -1.85. The van der Waals surface area contributed by atoms with Crippen LogP contribution in [0.5, 0.6) is 5.75 Å². The van der Waals surface area contributed by atoms with Crippen molar-refractivity contribution in [2.45, 2.75) is 13.8 Å². The molecule has 1 amide bonds. The van der Waals surface area contributed by atoms with E-state index in [1.54, 1.807) is 24.4 Å². The highest BCUT2D eigenvalue weighted by atomic mass is 127. The molecule has 0 unspecified atom stereocenters. The second-order valence-corrected chi connectivity index (χ2v) is 9.46. The first-order valence-corrected chi connectivity index (χ1v) is 11.9. The molecule has 3 aromatic rings. The number of halogens is 3. The number of hydrazone groups is 1. The second kappa shape index (κ2) is 10.6. The molecule has 0 spiro atoms. The first kappa shape index (κ1) is 23.8. The summed E-state index contributed by atoms with van der Waals surface area (Å²) >= 11 is 10.8. The van der Waals surface area contributed by atoms with Gasteiger partial charge >= 0.3 is 0 Å². The van der Waals surface area contributed by atoms with Crippen LogP contribution in [0.4, 0.5) is 0 Å². The van der Waals surface area contributed by atoms with Crippen LogP contribution in [0.25, 0.3) is 5.69 Å². The number of ether oxygens (including phenoxy) is 1. The topological polar surface area (TPSA) is 55.6 Å². The Kier molecular flexibility index (Phi) is 8.17. The fraction of sp³-hybridized carbons (Fsp3) is 0.130. The zero-order valence-electron chi connectivity index (χ0n) is 17.0. The number of hydrogen-bond donors (Lipinski definition) is 1. The number of carbonyl (C=O) groups is 1. The summed E-state index contributed by atoms with van der Waals surface area (Å²) in [4.78, 5) is 12.5. The summed E-state index contributed by atoms with van der Waals surface area (Å²) in [5, 5.41) is 4.45. The Bertz CT molecular complexity index is 1130. The average molecular weight is 660 g/mol. The van der Waals surface area contributed by atoms with Gasteiger partial charge in [-0.25, -0.2) is 5.43 Å². The van der Waals surface area contributed by atoms with Crippen molar-refractivity contribution in [2.24, 2.45) is 5.10 Å². The van der Waals surface area contributed by atoms with Crippen molar-refractivity contribution >= 4 is 68.9 Å². The number of aryl methyl sites for hydroxylation is 2. The van der Waals surface area contributed by atoms with Gasteiger partial charge in [-0.15, -0.1) is 0 Å². The van der Waals surface area contributed by atoms with Gasteiger partial charge < -0.3 is 9.30 Å². The van der Waals surface area contributed by atoms with Crippen LogP contribution in [0.1, 0.15) is 27.3 Å². The van der Waals surface area contributed by atoms with E-state index in [1.165, 1.54) is 0 Å². The zero-order valence-corrected chi connectivity index (χ0v) is 22.0. The van der Waals surface area contributed by atoms with Crippen molar-refractivity contribution in [3.63, 3.8) is 0 Å². The van der Waals surface area contributed by atoms with E-state index in [4.69, 9.17) is 16.3 Å². The second-order valence-electron chi connectivity index (χ2n) is 6.73. The molecule has 0 saturated carbocycles. The molecule has 160 valence electrons. The smallest absolute Gasteiger partial charge is 0.272 e. The van der Waals surface area contributed by atoms with E-state index in [1.807, 2.05) is 44.2 Å². The van der Waals surface area contributed by atoms with Gasteiger partial charge in [-0.1, -0.05) is 24.3 Å². The molecule has 1 aromatic heterocycles. The van der Waals surface area contributed by atoms with Crippen LogP contribution in [0, 0.1) is 21.0 Å². The molecule has 3 rings (SSSR count). The van der Waals surface area contributed by atoms with Gasteiger partial charge in [0.15, 0.2) is 0 Å². The number of amides is 1. The van der Waals surface area contributed by atoms with Crippen LogP contribution < -0.4 is 10.2 Å². The molecule has 0 bridgehead atoms. The predicted octanol–water partition coefficient (Wildman–Crippen LogP) is 6.29. The average Bonchev–Trinajstić information content (AvgIpc) is 3.05. The van der Waals surface area contributed by atoms with Gasteiger partial charge in [-0.2, -0.15) is 5.10 Å². The number of nitrogens with zero attached hydrogens (tertiary/aromatic N) is 2. The maximum Gasteiger partial charge on any atom is 0.272 e. The highest BCUT2D eigenvalue weighted by molar-refractivity contribution is 14.1. The summed E-state index contributed by atoms with van der Waals surface area (Å²) in [6.07, 6.45) is 3.30. The molecule has 0 aliphatic carbocycles. The van der Waals surface area contributed by atoms with Crippen molar-refractivity contribution in [3.05, 3.63) is 89.8 Å². The molecule has 0 atom stereocenters. The van der Waals surface area contributed by atoms with Crippen molar-refractivity contribution in [1.82, 2.24) is 9.99 Å². The van der Waals surface area contributed by atoms with Crippen LogP contribution in [-0.2, 0) is 0 Å². The van der Waals surface area contributed by atoms with Gasteiger partial charge in [0, 0.05) is 17.1 Å². The number of benzene rings is 2. The number of aromatic nitrogens is 1. The maximum atomic E-state index is 12.5.